The Bertz CT molecular complexity index is 1750. The number of nitrogens with one attached hydrogen (secondary N) is 2. The van der Waals surface area contributed by atoms with Crippen LogP contribution in [0.5, 0.6) is 5.75 Å². The summed E-state index contributed by atoms with van der Waals surface area (Å²) in [7, 11) is 1.49. The fraction of sp³-hybridized carbons (Fsp3) is 0.290. The van der Waals surface area contributed by atoms with Gasteiger partial charge in [0.2, 0.25) is 11.8 Å². The Hall–Kier alpha value is -5.18. The zero-order chi connectivity index (χ0) is 32.4. The highest BCUT2D eigenvalue weighted by molar-refractivity contribution is 7.17. The van der Waals surface area contributed by atoms with Gasteiger partial charge in [0.05, 0.1) is 24.7 Å². The van der Waals surface area contributed by atoms with E-state index in [1.54, 1.807) is 28.1 Å². The number of allylic oxidation sites excluding steroid dienone is 2. The number of carbonyl (C=O) groups is 3. The zero-order valence-corrected chi connectivity index (χ0v) is 25.6. The van der Waals surface area contributed by atoms with Crippen molar-refractivity contribution < 1.29 is 27.9 Å². The number of aromatic nitrogens is 3. The van der Waals surface area contributed by atoms with Crippen molar-refractivity contribution in [1.82, 2.24) is 25.2 Å². The number of β-lactam (4-membered cyclic amide) rings is 1. The van der Waals surface area contributed by atoms with Crippen molar-refractivity contribution in [1.29, 1.82) is 0 Å². The van der Waals surface area contributed by atoms with Crippen LogP contribution in [0.4, 0.5) is 31.2 Å². The molecule has 2 aliphatic heterocycles. The minimum absolute atomic E-state index is 0.00456. The lowest BCUT2D eigenvalue weighted by Crippen LogP contribution is -2.50. The number of alkyl halides is 1. The van der Waals surface area contributed by atoms with Crippen molar-refractivity contribution in [3.63, 3.8) is 0 Å². The maximum Gasteiger partial charge on any atom is 0.263 e. The van der Waals surface area contributed by atoms with E-state index >= 15 is 0 Å². The fourth-order valence-corrected chi connectivity index (χ4v) is 5.97. The van der Waals surface area contributed by atoms with Crippen LogP contribution in [0.15, 0.2) is 67.3 Å². The summed E-state index contributed by atoms with van der Waals surface area (Å²) in [5.74, 6) is -0.196. The molecule has 2 N–H and O–H groups in total. The van der Waals surface area contributed by atoms with Gasteiger partial charge in [0.1, 0.15) is 22.9 Å². The van der Waals surface area contributed by atoms with E-state index < -0.39 is 23.9 Å². The fourth-order valence-electron chi connectivity index (χ4n) is 5.25. The maximum atomic E-state index is 14.1. The molecule has 3 aliphatic rings. The van der Waals surface area contributed by atoms with Crippen molar-refractivity contribution in [2.45, 2.75) is 18.6 Å². The summed E-state index contributed by atoms with van der Waals surface area (Å²) in [6.45, 7) is 6.27. The Kier molecular flexibility index (Phi) is 8.74. The Balaban J connectivity index is 1.22. The number of piperazine rings is 1. The number of hydrogen-bond donors (Lipinski definition) is 2. The molecule has 46 heavy (non-hydrogen) atoms. The van der Waals surface area contributed by atoms with Gasteiger partial charge in [-0.2, -0.15) is 0 Å². The second-order valence-corrected chi connectivity index (χ2v) is 11.6. The molecular formula is C31H30F2N8O4S. The van der Waals surface area contributed by atoms with Crippen molar-refractivity contribution in [2.75, 3.05) is 55.0 Å². The maximum absolute atomic E-state index is 14.1. The first-order chi connectivity index (χ1) is 22.2. The van der Waals surface area contributed by atoms with Gasteiger partial charge in [-0.25, -0.2) is 23.7 Å². The average Bonchev–Trinajstić information content (AvgIpc) is 3.54. The number of methoxy groups -OCH3 is 1. The van der Waals surface area contributed by atoms with E-state index in [0.29, 0.717) is 78.6 Å². The van der Waals surface area contributed by atoms with E-state index in [-0.39, 0.29) is 16.7 Å². The number of halogens is 2. The summed E-state index contributed by atoms with van der Waals surface area (Å²) in [6, 6.07) is 3.95. The lowest BCUT2D eigenvalue weighted by Gasteiger charge is -2.38. The van der Waals surface area contributed by atoms with Crippen LogP contribution in [-0.4, -0.2) is 89.6 Å². The van der Waals surface area contributed by atoms with Crippen molar-refractivity contribution in [3.05, 3.63) is 72.2 Å². The van der Waals surface area contributed by atoms with E-state index in [0.717, 1.165) is 17.4 Å². The highest BCUT2D eigenvalue weighted by atomic mass is 32.1. The molecule has 2 unspecified atom stereocenters. The van der Waals surface area contributed by atoms with E-state index in [1.165, 1.54) is 31.5 Å². The standard InChI is InChI=1S/C31H30F2N8O4S/c1-3-25(42)39-11-13-40(14-12-39)29-22(41-10-9-26(41)43)15-18(16-34-29)21-7-8-23(45-2)28(36-21)38-31-35-17-24(46-31)30(44)37-27-19(32)5-4-6-20(27)33/h3-8,15-17,19,27H,1,9-14H2,2H3,(H,37,44)(H,35,36,38). The van der Waals surface area contributed by atoms with E-state index in [4.69, 9.17) is 14.7 Å². The third kappa shape index (κ3) is 6.18. The van der Waals surface area contributed by atoms with Gasteiger partial charge in [0.15, 0.2) is 22.5 Å². The Morgan fingerprint density at radius 2 is 1.96 bits per heavy atom. The summed E-state index contributed by atoms with van der Waals surface area (Å²) in [5.41, 5.74) is 1.85. The Morgan fingerprint density at radius 3 is 2.63 bits per heavy atom. The molecule has 2 saturated heterocycles. The second kappa shape index (κ2) is 13.0. The number of amides is 3. The van der Waals surface area contributed by atoms with Gasteiger partial charge >= 0.3 is 0 Å². The van der Waals surface area contributed by atoms with Crippen molar-refractivity contribution in [3.8, 4) is 17.0 Å². The summed E-state index contributed by atoms with van der Waals surface area (Å²) in [4.78, 5) is 56.6. The van der Waals surface area contributed by atoms with Crippen LogP contribution in [0, 0.1) is 0 Å². The molecule has 0 aromatic carbocycles. The summed E-state index contributed by atoms with van der Waals surface area (Å²) in [6.07, 6.45) is 6.59. The molecule has 6 rings (SSSR count). The van der Waals surface area contributed by atoms with Crippen LogP contribution >= 0.6 is 11.3 Å². The first-order valence-electron chi connectivity index (χ1n) is 14.5. The van der Waals surface area contributed by atoms with Crippen LogP contribution in [-0.2, 0) is 9.59 Å². The van der Waals surface area contributed by atoms with E-state index in [1.807, 2.05) is 6.07 Å². The van der Waals surface area contributed by atoms with Gasteiger partial charge in [-0.15, -0.1) is 0 Å². The number of rotatable bonds is 9. The van der Waals surface area contributed by atoms with Gasteiger partial charge < -0.3 is 30.1 Å². The van der Waals surface area contributed by atoms with Gasteiger partial charge in [-0.1, -0.05) is 24.0 Å². The predicted octanol–water partition coefficient (Wildman–Crippen LogP) is 3.78. The number of carbonyl (C=O) groups excluding carboxylic acids is 3. The second-order valence-electron chi connectivity index (χ2n) is 10.6. The zero-order valence-electron chi connectivity index (χ0n) is 24.8. The number of pyridine rings is 2. The Labute approximate surface area is 267 Å². The Morgan fingerprint density at radius 1 is 1.15 bits per heavy atom. The van der Waals surface area contributed by atoms with Crippen molar-refractivity contribution >= 4 is 51.5 Å². The normalized spacial score (nSPS) is 19.3. The molecule has 0 spiro atoms. The molecule has 238 valence electrons. The number of thiazole rings is 1. The number of nitrogens with zero attached hydrogens (tertiary/aromatic N) is 6. The van der Waals surface area contributed by atoms with Gasteiger partial charge in [0.25, 0.3) is 5.91 Å². The SMILES string of the molecule is C=CC(=O)N1CCN(c2ncc(-c3ccc(OC)c(Nc4ncc(C(=O)NC5C(F)=CC=CC5F)s4)n3)cc2N2CCC2=O)CC1. The molecule has 15 heteroatoms. The molecule has 2 fully saturated rings. The van der Waals surface area contributed by atoms with Crippen LogP contribution < -0.4 is 25.2 Å². The summed E-state index contributed by atoms with van der Waals surface area (Å²) in [5, 5.41) is 5.73. The molecule has 0 bridgehead atoms. The van der Waals surface area contributed by atoms with Crippen molar-refractivity contribution in [2.24, 2.45) is 0 Å². The lowest BCUT2D eigenvalue weighted by molar-refractivity contribution is -0.126. The van der Waals surface area contributed by atoms with E-state index in [2.05, 4.69) is 27.1 Å². The van der Waals surface area contributed by atoms with Gasteiger partial charge in [0, 0.05) is 50.9 Å². The van der Waals surface area contributed by atoms with Gasteiger partial charge in [-0.05, 0) is 36.4 Å². The molecule has 12 nitrogen and oxygen atoms in total. The monoisotopic (exact) mass is 648 g/mol. The topological polar surface area (TPSA) is 133 Å². The molecule has 0 radical (unpaired) electrons. The minimum atomic E-state index is -1.68. The number of hydrogen-bond acceptors (Lipinski definition) is 10. The van der Waals surface area contributed by atoms with Crippen LogP contribution in [0.1, 0.15) is 16.1 Å². The minimum Gasteiger partial charge on any atom is -0.493 e. The highest BCUT2D eigenvalue weighted by Gasteiger charge is 2.32. The molecule has 3 aromatic heterocycles. The first kappa shape index (κ1) is 30.8. The third-order valence-corrected chi connectivity index (χ3v) is 8.75. The molecule has 1 aliphatic carbocycles. The summed E-state index contributed by atoms with van der Waals surface area (Å²) < 4.78 is 33.7. The largest absolute Gasteiger partial charge is 0.493 e. The first-order valence-corrected chi connectivity index (χ1v) is 15.3. The number of ether oxygens (including phenoxy) is 1. The lowest BCUT2D eigenvalue weighted by atomic mass is 10.1. The smallest absolute Gasteiger partial charge is 0.263 e. The molecule has 0 saturated carbocycles. The highest BCUT2D eigenvalue weighted by Crippen LogP contribution is 2.37. The van der Waals surface area contributed by atoms with Crippen LogP contribution in [0.2, 0.25) is 0 Å². The molecular weight excluding hydrogens is 618 g/mol. The van der Waals surface area contributed by atoms with Crippen LogP contribution in [0.3, 0.4) is 0 Å². The predicted molar refractivity (Wildman–Crippen MR) is 170 cm³/mol. The van der Waals surface area contributed by atoms with Gasteiger partial charge in [-0.3, -0.25) is 14.4 Å². The quantitative estimate of drug-likeness (QED) is 0.263. The molecule has 5 heterocycles. The average molecular weight is 649 g/mol. The third-order valence-electron chi connectivity index (χ3n) is 7.84. The van der Waals surface area contributed by atoms with E-state index in [9.17, 15) is 23.2 Å². The van der Waals surface area contributed by atoms with Crippen LogP contribution in [0.25, 0.3) is 11.3 Å². The summed E-state index contributed by atoms with van der Waals surface area (Å²) >= 11 is 0.982. The number of anilines is 4. The molecule has 3 amide bonds. The molecule has 2 atom stereocenters. The molecule has 3 aromatic rings.